The first-order chi connectivity index (χ1) is 11.5. The summed E-state index contributed by atoms with van der Waals surface area (Å²) in [4.78, 5) is 16.9. The van der Waals surface area contributed by atoms with Crippen molar-refractivity contribution in [1.29, 1.82) is 0 Å². The van der Waals surface area contributed by atoms with Gasteiger partial charge in [-0.2, -0.15) is 10.2 Å². The molecule has 0 aliphatic carbocycles. The van der Waals surface area contributed by atoms with Crippen LogP contribution in [-0.2, 0) is 23.0 Å². The van der Waals surface area contributed by atoms with Crippen molar-refractivity contribution in [2.24, 2.45) is 7.05 Å². The molecule has 0 saturated carbocycles. The first-order valence-corrected chi connectivity index (χ1v) is 8.07. The van der Waals surface area contributed by atoms with Gasteiger partial charge in [0, 0.05) is 43.8 Å². The Labute approximate surface area is 141 Å². The Hall–Kier alpha value is -2.19. The first-order valence-electron chi connectivity index (χ1n) is 8.07. The summed E-state index contributed by atoms with van der Waals surface area (Å²) < 4.78 is 7.75. The second kappa shape index (κ2) is 7.14. The number of carbonyl (C=O) groups is 1. The predicted octanol–water partition coefficient (Wildman–Crippen LogP) is 0.216. The largest absolute Gasteiger partial charge is 0.373 e. The summed E-state index contributed by atoms with van der Waals surface area (Å²) in [5.74, 6) is 0.0696. The fourth-order valence-corrected chi connectivity index (χ4v) is 3.16. The Morgan fingerprint density at radius 2 is 2.33 bits per heavy atom. The van der Waals surface area contributed by atoms with Gasteiger partial charge in [-0.1, -0.05) is 0 Å². The number of rotatable bonds is 5. The van der Waals surface area contributed by atoms with Crippen molar-refractivity contribution in [2.45, 2.75) is 18.6 Å². The summed E-state index contributed by atoms with van der Waals surface area (Å²) in [5.41, 5.74) is 1.82. The number of aryl methyl sites for hydroxylation is 1. The van der Waals surface area contributed by atoms with Gasteiger partial charge in [-0.3, -0.25) is 14.6 Å². The maximum atomic E-state index is 12.9. The van der Waals surface area contributed by atoms with E-state index in [0.29, 0.717) is 19.6 Å². The molecule has 1 fully saturated rings. The smallest absolute Gasteiger partial charge is 0.229 e. The number of aromatic nitrogens is 4. The van der Waals surface area contributed by atoms with Crippen LogP contribution in [0.5, 0.6) is 0 Å². The number of nitrogens with zero attached hydrogens (tertiary/aromatic N) is 5. The van der Waals surface area contributed by atoms with Crippen molar-refractivity contribution in [3.8, 4) is 0 Å². The molecule has 1 saturated heterocycles. The molecule has 2 aromatic rings. The topological polar surface area (TPSA) is 79.3 Å². The molecule has 0 spiro atoms. The van der Waals surface area contributed by atoms with Crippen LogP contribution >= 0.6 is 0 Å². The Morgan fingerprint density at radius 3 is 2.96 bits per heavy atom. The van der Waals surface area contributed by atoms with E-state index in [1.807, 2.05) is 44.5 Å². The van der Waals surface area contributed by atoms with Crippen LogP contribution < -0.4 is 0 Å². The Morgan fingerprint density at radius 1 is 1.50 bits per heavy atom. The number of morpholine rings is 1. The standard InChI is InChI=1S/C16H24N6O2/c1-20(2)11-14-16(12-9-18-21(3)10-12)22(6-7-24-14)15(23)8-13-4-5-17-19-13/h4-5,9-10,14,16H,6-8,11H2,1-3H3,(H,17,19)/t14-,16-/m0/s1. The molecule has 2 atom stereocenters. The van der Waals surface area contributed by atoms with E-state index in [1.165, 1.54) is 0 Å². The number of likely N-dealkylation sites (N-methyl/N-ethyl adjacent to an activating group) is 1. The van der Waals surface area contributed by atoms with Gasteiger partial charge >= 0.3 is 0 Å². The molecule has 0 bridgehead atoms. The van der Waals surface area contributed by atoms with Crippen LogP contribution in [0.1, 0.15) is 17.3 Å². The molecular formula is C16H24N6O2. The van der Waals surface area contributed by atoms with Crippen LogP contribution in [0.4, 0.5) is 0 Å². The van der Waals surface area contributed by atoms with Crippen LogP contribution in [-0.4, -0.2) is 75.6 Å². The Bertz CT molecular complexity index is 666. The van der Waals surface area contributed by atoms with Crippen LogP contribution in [0.3, 0.4) is 0 Å². The second-order valence-corrected chi connectivity index (χ2v) is 6.41. The molecule has 1 aliphatic heterocycles. The summed E-state index contributed by atoms with van der Waals surface area (Å²) in [7, 11) is 5.90. The summed E-state index contributed by atoms with van der Waals surface area (Å²) in [6.45, 7) is 1.87. The maximum absolute atomic E-state index is 12.9. The quantitative estimate of drug-likeness (QED) is 0.847. The van der Waals surface area contributed by atoms with Gasteiger partial charge in [-0.05, 0) is 20.2 Å². The van der Waals surface area contributed by atoms with Crippen LogP contribution in [0.15, 0.2) is 24.7 Å². The van der Waals surface area contributed by atoms with E-state index in [-0.39, 0.29) is 18.1 Å². The number of amides is 1. The van der Waals surface area contributed by atoms with Gasteiger partial charge in [-0.15, -0.1) is 0 Å². The van der Waals surface area contributed by atoms with E-state index in [2.05, 4.69) is 20.2 Å². The van der Waals surface area contributed by atoms with Gasteiger partial charge in [0.05, 0.1) is 31.4 Å². The van der Waals surface area contributed by atoms with E-state index in [4.69, 9.17) is 4.74 Å². The van der Waals surface area contributed by atoms with Crippen LogP contribution in [0.2, 0.25) is 0 Å². The molecule has 1 N–H and O–H groups in total. The van der Waals surface area contributed by atoms with Crippen LogP contribution in [0, 0.1) is 0 Å². The van der Waals surface area contributed by atoms with Gasteiger partial charge in [-0.25, -0.2) is 0 Å². The highest BCUT2D eigenvalue weighted by Gasteiger charge is 2.37. The van der Waals surface area contributed by atoms with Gasteiger partial charge in [0.2, 0.25) is 5.91 Å². The molecule has 8 nitrogen and oxygen atoms in total. The van der Waals surface area contributed by atoms with Crippen molar-refractivity contribution in [1.82, 2.24) is 29.8 Å². The molecule has 8 heteroatoms. The molecule has 1 amide bonds. The summed E-state index contributed by atoms with van der Waals surface area (Å²) in [6.07, 6.45) is 5.67. The average molecular weight is 332 g/mol. The maximum Gasteiger partial charge on any atom is 0.229 e. The van der Waals surface area contributed by atoms with Crippen molar-refractivity contribution >= 4 is 5.91 Å². The van der Waals surface area contributed by atoms with Crippen molar-refractivity contribution in [3.05, 3.63) is 35.9 Å². The minimum Gasteiger partial charge on any atom is -0.373 e. The van der Waals surface area contributed by atoms with E-state index in [1.54, 1.807) is 10.9 Å². The number of hydrogen-bond donors (Lipinski definition) is 1. The number of nitrogens with one attached hydrogen (secondary N) is 1. The minimum absolute atomic E-state index is 0.0696. The van der Waals surface area contributed by atoms with Gasteiger partial charge in [0.1, 0.15) is 0 Å². The number of ether oxygens (including phenoxy) is 1. The lowest BCUT2D eigenvalue weighted by molar-refractivity contribution is -0.147. The third-order valence-corrected chi connectivity index (χ3v) is 4.18. The predicted molar refractivity (Wildman–Crippen MR) is 88.2 cm³/mol. The lowest BCUT2D eigenvalue weighted by Gasteiger charge is -2.41. The molecule has 130 valence electrons. The average Bonchev–Trinajstić information content (AvgIpc) is 3.18. The highest BCUT2D eigenvalue weighted by Crippen LogP contribution is 2.30. The van der Waals surface area contributed by atoms with Gasteiger partial charge < -0.3 is 14.5 Å². The fraction of sp³-hybridized carbons (Fsp3) is 0.562. The third-order valence-electron chi connectivity index (χ3n) is 4.18. The highest BCUT2D eigenvalue weighted by molar-refractivity contribution is 5.79. The highest BCUT2D eigenvalue weighted by atomic mass is 16.5. The minimum atomic E-state index is -0.134. The van der Waals surface area contributed by atoms with E-state index < -0.39 is 0 Å². The normalized spacial score (nSPS) is 21.4. The van der Waals surface area contributed by atoms with Gasteiger partial charge in [0.25, 0.3) is 0 Å². The monoisotopic (exact) mass is 332 g/mol. The van der Waals surface area contributed by atoms with E-state index >= 15 is 0 Å². The molecular weight excluding hydrogens is 308 g/mol. The first kappa shape index (κ1) is 16.7. The SMILES string of the molecule is CN(C)C[C@@H]1OCCN(C(=O)Cc2ccn[nH]2)[C@H]1c1cnn(C)c1. The van der Waals surface area contributed by atoms with E-state index in [0.717, 1.165) is 17.8 Å². The zero-order chi connectivity index (χ0) is 17.1. The van der Waals surface area contributed by atoms with Crippen molar-refractivity contribution < 1.29 is 9.53 Å². The molecule has 3 rings (SSSR count). The molecule has 1 aliphatic rings. The summed E-state index contributed by atoms with van der Waals surface area (Å²) in [6, 6.07) is 1.69. The Kier molecular flexibility index (Phi) is 4.96. The molecule has 2 aromatic heterocycles. The number of hydrogen-bond acceptors (Lipinski definition) is 5. The molecule has 3 heterocycles. The molecule has 0 unspecified atom stereocenters. The lowest BCUT2D eigenvalue weighted by Crippen LogP contribution is -2.51. The lowest BCUT2D eigenvalue weighted by atomic mass is 10.00. The molecule has 0 aromatic carbocycles. The van der Waals surface area contributed by atoms with Crippen molar-refractivity contribution in [2.75, 3.05) is 33.8 Å². The third kappa shape index (κ3) is 3.65. The van der Waals surface area contributed by atoms with Gasteiger partial charge in [0.15, 0.2) is 0 Å². The summed E-state index contributed by atoms with van der Waals surface area (Å²) >= 11 is 0. The fourth-order valence-electron chi connectivity index (χ4n) is 3.16. The van der Waals surface area contributed by atoms with Crippen molar-refractivity contribution in [3.63, 3.8) is 0 Å². The second-order valence-electron chi connectivity index (χ2n) is 6.41. The van der Waals surface area contributed by atoms with Crippen LogP contribution in [0.25, 0.3) is 0 Å². The number of H-pyrrole nitrogens is 1. The molecule has 0 radical (unpaired) electrons. The Balaban J connectivity index is 1.85. The summed E-state index contributed by atoms with van der Waals surface area (Å²) in [5, 5.41) is 11.0. The molecule has 24 heavy (non-hydrogen) atoms. The number of carbonyl (C=O) groups excluding carboxylic acids is 1. The zero-order valence-electron chi connectivity index (χ0n) is 14.3. The zero-order valence-corrected chi connectivity index (χ0v) is 14.3. The van der Waals surface area contributed by atoms with E-state index in [9.17, 15) is 4.79 Å². The number of aromatic amines is 1.